The second kappa shape index (κ2) is 11.5. The predicted molar refractivity (Wildman–Crippen MR) is 124 cm³/mol. The fourth-order valence-corrected chi connectivity index (χ4v) is 2.84. The van der Waals surface area contributed by atoms with Crippen molar-refractivity contribution in [2.45, 2.75) is 39.5 Å². The average molecular weight is 470 g/mol. The molecule has 0 aromatic heterocycles. The summed E-state index contributed by atoms with van der Waals surface area (Å²) in [6, 6.07) is 16.4. The first-order chi connectivity index (χ1) is 13.8. The van der Waals surface area contributed by atoms with Crippen LogP contribution in [0.4, 0.5) is 11.4 Å². The molecule has 0 amide bonds. The molecule has 3 rings (SSSR count). The Hall–Kier alpha value is -1.71. The van der Waals surface area contributed by atoms with Crippen molar-refractivity contribution >= 4 is 49.7 Å². The molecular weight excluding hydrogens is 445 g/mol. The Kier molecular flexibility index (Phi) is 9.32. The molecule has 29 heavy (non-hydrogen) atoms. The Morgan fingerprint density at radius 2 is 1.52 bits per heavy atom. The summed E-state index contributed by atoms with van der Waals surface area (Å²) in [6.07, 6.45) is 6.57. The summed E-state index contributed by atoms with van der Waals surface area (Å²) in [6.45, 7) is 8.67. The maximum absolute atomic E-state index is 4.76. The number of para-hydroxylation sites is 2. The van der Waals surface area contributed by atoms with Crippen molar-refractivity contribution in [2.24, 2.45) is 15.0 Å². The van der Waals surface area contributed by atoms with Gasteiger partial charge >= 0.3 is 33.3 Å². The van der Waals surface area contributed by atoms with Crippen LogP contribution in [0.2, 0.25) is 0 Å². The van der Waals surface area contributed by atoms with Crippen LogP contribution >= 0.6 is 20.2 Å². The zero-order valence-electron chi connectivity index (χ0n) is 17.0. The molecule has 154 valence electrons. The number of aryl methyl sites for hydroxylation is 1. The molecule has 0 spiro atoms. The van der Waals surface area contributed by atoms with Gasteiger partial charge in [0.2, 0.25) is 0 Å². The summed E-state index contributed by atoms with van der Waals surface area (Å²) in [7, 11) is 9.53. The van der Waals surface area contributed by atoms with Crippen LogP contribution in [0.3, 0.4) is 0 Å². The minimum absolute atomic E-state index is 0.0645. The Morgan fingerprint density at radius 1 is 0.931 bits per heavy atom. The normalized spacial score (nSPS) is 14.1. The molecule has 0 unspecified atom stereocenters. The fourth-order valence-electron chi connectivity index (χ4n) is 2.84. The van der Waals surface area contributed by atoms with Gasteiger partial charge in [0.1, 0.15) is 0 Å². The summed E-state index contributed by atoms with van der Waals surface area (Å²) in [5.74, 6) is 0. The second-order valence-electron chi connectivity index (χ2n) is 7.56. The van der Waals surface area contributed by atoms with Gasteiger partial charge in [-0.05, 0) is 35.6 Å². The first-order valence-corrected chi connectivity index (χ1v) is 12.2. The van der Waals surface area contributed by atoms with E-state index in [1.54, 1.807) is 0 Å². The Labute approximate surface area is 188 Å². The summed E-state index contributed by atoms with van der Waals surface area (Å²) in [5, 5.41) is 0. The topological polar surface area (TPSA) is 37.1 Å². The maximum atomic E-state index is 4.76. The van der Waals surface area contributed by atoms with E-state index >= 15 is 0 Å². The molecule has 3 nitrogen and oxygen atoms in total. The third-order valence-corrected chi connectivity index (χ3v) is 4.31. The van der Waals surface area contributed by atoms with Crippen LogP contribution in [0.15, 0.2) is 75.3 Å². The third kappa shape index (κ3) is 7.56. The molecule has 0 saturated heterocycles. The van der Waals surface area contributed by atoms with Crippen molar-refractivity contribution in [2.75, 3.05) is 0 Å². The summed E-state index contributed by atoms with van der Waals surface area (Å²) >= 11 is 0.194. The van der Waals surface area contributed by atoms with Gasteiger partial charge in [-0.1, -0.05) is 63.2 Å². The van der Waals surface area contributed by atoms with Crippen molar-refractivity contribution in [1.82, 2.24) is 0 Å². The second-order valence-corrected chi connectivity index (χ2v) is 9.38. The zero-order chi connectivity index (χ0) is 21.3. The van der Waals surface area contributed by atoms with Gasteiger partial charge in [0.25, 0.3) is 0 Å². The van der Waals surface area contributed by atoms with E-state index in [0.29, 0.717) is 0 Å². The van der Waals surface area contributed by atoms with Crippen LogP contribution in [0, 0.1) is 6.92 Å². The summed E-state index contributed by atoms with van der Waals surface area (Å²) in [5.41, 5.74) is 6.29. The number of benzene rings is 2. The monoisotopic (exact) mass is 469 g/mol. The predicted octanol–water partition coefficient (Wildman–Crippen LogP) is 7.50. The molecule has 0 radical (unpaired) electrons. The van der Waals surface area contributed by atoms with E-state index in [1.807, 2.05) is 36.7 Å². The molecule has 0 bridgehead atoms. The molecular formula is C23H25Cl2FeN3. The van der Waals surface area contributed by atoms with E-state index in [1.165, 1.54) is 5.56 Å². The van der Waals surface area contributed by atoms with Crippen molar-refractivity contribution < 1.29 is 13.1 Å². The van der Waals surface area contributed by atoms with Gasteiger partial charge in [-0.25, -0.2) is 0 Å². The van der Waals surface area contributed by atoms with E-state index in [0.717, 1.165) is 34.8 Å². The number of hydrogen-bond donors (Lipinski definition) is 0. The number of aliphatic imine (C=N–C) groups is 3. The van der Waals surface area contributed by atoms with E-state index in [-0.39, 0.29) is 18.5 Å². The van der Waals surface area contributed by atoms with Gasteiger partial charge < -0.3 is 0 Å². The van der Waals surface area contributed by atoms with Crippen molar-refractivity contribution in [3.8, 4) is 0 Å². The standard InChI is InChI=1S/C23H25N3.2ClH.Fe/c1-17-9-5-7-11-21(17)24-15-18-13-14-19(26-18)16-25-22-12-8-6-10-20(22)23(2,3)4;;;/h5-13,15-16H,14H2,1-4H3;2*1H;/q;;;+2/p-2. The van der Waals surface area contributed by atoms with Crippen LogP contribution < -0.4 is 0 Å². The molecule has 1 aliphatic heterocycles. The molecule has 2 aromatic carbocycles. The van der Waals surface area contributed by atoms with Gasteiger partial charge in [0.15, 0.2) is 0 Å². The number of hydrogen-bond acceptors (Lipinski definition) is 3. The van der Waals surface area contributed by atoms with Crippen molar-refractivity contribution in [1.29, 1.82) is 0 Å². The first kappa shape index (κ1) is 23.6. The Balaban J connectivity index is 0.000000941. The van der Waals surface area contributed by atoms with Crippen molar-refractivity contribution in [3.05, 3.63) is 71.4 Å². The molecule has 1 aliphatic rings. The van der Waals surface area contributed by atoms with Gasteiger partial charge in [0.05, 0.1) is 29.0 Å². The molecule has 1 heterocycles. The van der Waals surface area contributed by atoms with E-state index in [9.17, 15) is 0 Å². The summed E-state index contributed by atoms with van der Waals surface area (Å²) < 4.78 is 0. The van der Waals surface area contributed by atoms with Crippen LogP contribution in [0.5, 0.6) is 0 Å². The van der Waals surface area contributed by atoms with Crippen LogP contribution in [0.1, 0.15) is 38.3 Å². The fraction of sp³-hybridized carbons (Fsp3) is 0.261. The van der Waals surface area contributed by atoms with Gasteiger partial charge in [-0.3, -0.25) is 15.0 Å². The van der Waals surface area contributed by atoms with Crippen LogP contribution in [-0.4, -0.2) is 18.1 Å². The molecule has 6 heteroatoms. The van der Waals surface area contributed by atoms with Crippen LogP contribution in [0.25, 0.3) is 0 Å². The summed E-state index contributed by atoms with van der Waals surface area (Å²) in [4.78, 5) is 13.8. The number of rotatable bonds is 4. The number of nitrogens with zero attached hydrogens (tertiary/aromatic N) is 3. The Bertz CT molecular complexity index is 941. The molecule has 0 aliphatic carbocycles. The molecule has 0 N–H and O–H groups in total. The molecule has 2 aromatic rings. The van der Waals surface area contributed by atoms with Crippen LogP contribution in [-0.2, 0) is 18.5 Å². The zero-order valence-corrected chi connectivity index (χ0v) is 19.6. The number of halogens is 2. The molecule has 0 atom stereocenters. The molecule has 0 saturated carbocycles. The van der Waals surface area contributed by atoms with E-state index < -0.39 is 0 Å². The number of allylic oxidation sites excluding steroid dienone is 2. The minimum atomic E-state index is 0.0645. The Morgan fingerprint density at radius 3 is 2.17 bits per heavy atom. The van der Waals surface area contributed by atoms with E-state index in [2.05, 4.69) is 73.0 Å². The van der Waals surface area contributed by atoms with Crippen molar-refractivity contribution in [3.63, 3.8) is 0 Å². The third-order valence-electron chi connectivity index (χ3n) is 4.31. The SMILES string of the molecule is Cc1ccccc1N=CC1=CCC(C=Nc2ccccc2C(C)(C)C)=N1.[Cl][Fe][Cl]. The molecule has 0 fully saturated rings. The average Bonchev–Trinajstić information content (AvgIpc) is 3.14. The van der Waals surface area contributed by atoms with Gasteiger partial charge in [-0.15, -0.1) is 0 Å². The van der Waals surface area contributed by atoms with Gasteiger partial charge in [0, 0.05) is 12.6 Å². The van der Waals surface area contributed by atoms with E-state index in [4.69, 9.17) is 20.2 Å². The first-order valence-electron chi connectivity index (χ1n) is 9.21. The quantitative estimate of drug-likeness (QED) is 0.328. The van der Waals surface area contributed by atoms with Gasteiger partial charge in [-0.2, -0.15) is 0 Å².